The molecule has 5 rings (SSSR count). The first-order valence-corrected chi connectivity index (χ1v) is 10.1. The molecule has 3 heterocycles. The lowest BCUT2D eigenvalue weighted by atomic mass is 10.1. The summed E-state index contributed by atoms with van der Waals surface area (Å²) < 4.78 is 19.9. The average Bonchev–Trinajstić information content (AvgIpc) is 3.38. The molecule has 1 aromatic carbocycles. The van der Waals surface area contributed by atoms with E-state index in [1.54, 1.807) is 24.3 Å². The van der Waals surface area contributed by atoms with Gasteiger partial charge in [0, 0.05) is 6.20 Å². The van der Waals surface area contributed by atoms with Crippen LogP contribution in [-0.4, -0.2) is 45.1 Å². The van der Waals surface area contributed by atoms with E-state index in [4.69, 9.17) is 25.8 Å². The number of carbonyl (C=O) groups excluding carboxylic acids is 1. The molecule has 1 unspecified atom stereocenters. The first-order valence-electron chi connectivity index (χ1n) is 9.68. The van der Waals surface area contributed by atoms with Gasteiger partial charge in [-0.25, -0.2) is 14.8 Å². The molecule has 154 valence electrons. The molecule has 8 heteroatoms. The van der Waals surface area contributed by atoms with Gasteiger partial charge in [-0.3, -0.25) is 0 Å². The number of ether oxygens (including phenoxy) is 3. The van der Waals surface area contributed by atoms with Gasteiger partial charge in [-0.15, -0.1) is 0 Å². The van der Waals surface area contributed by atoms with Gasteiger partial charge in [0.15, 0.2) is 5.79 Å². The highest BCUT2D eigenvalue weighted by Gasteiger charge is 2.51. The minimum Gasteiger partial charge on any atom is -0.457 e. The Morgan fingerprint density at radius 2 is 2.00 bits per heavy atom. The maximum atomic E-state index is 12.4. The van der Waals surface area contributed by atoms with Crippen LogP contribution in [0.3, 0.4) is 0 Å². The highest BCUT2D eigenvalue weighted by atomic mass is 35.5. The Morgan fingerprint density at radius 1 is 1.20 bits per heavy atom. The molecule has 1 aliphatic carbocycles. The van der Waals surface area contributed by atoms with Crippen LogP contribution in [0.15, 0.2) is 60.6 Å². The molecule has 3 atom stereocenters. The molecule has 3 aromatic rings. The lowest BCUT2D eigenvalue weighted by molar-refractivity contribution is -0.148. The van der Waals surface area contributed by atoms with Crippen LogP contribution in [0.2, 0.25) is 5.15 Å². The monoisotopic (exact) mass is 425 g/mol. The zero-order valence-electron chi connectivity index (χ0n) is 16.5. The van der Waals surface area contributed by atoms with Gasteiger partial charge in [0.25, 0.3) is 0 Å². The van der Waals surface area contributed by atoms with E-state index in [9.17, 15) is 4.79 Å². The van der Waals surface area contributed by atoms with Gasteiger partial charge >= 0.3 is 5.97 Å². The van der Waals surface area contributed by atoms with E-state index >= 15 is 0 Å². The van der Waals surface area contributed by atoms with E-state index in [0.717, 1.165) is 11.0 Å². The summed E-state index contributed by atoms with van der Waals surface area (Å²) in [4.78, 5) is 20.8. The van der Waals surface area contributed by atoms with Gasteiger partial charge in [0.05, 0.1) is 17.0 Å². The second kappa shape index (κ2) is 7.19. The lowest BCUT2D eigenvalue weighted by Gasteiger charge is -2.22. The van der Waals surface area contributed by atoms with E-state index in [1.807, 2.05) is 42.8 Å². The fourth-order valence-electron chi connectivity index (χ4n) is 4.09. The number of benzene rings is 1. The van der Waals surface area contributed by atoms with Crippen LogP contribution in [0.5, 0.6) is 0 Å². The molecule has 30 heavy (non-hydrogen) atoms. The van der Waals surface area contributed by atoms with E-state index in [2.05, 4.69) is 9.97 Å². The zero-order valence-corrected chi connectivity index (χ0v) is 17.2. The van der Waals surface area contributed by atoms with Crippen LogP contribution < -0.4 is 0 Å². The van der Waals surface area contributed by atoms with Crippen LogP contribution in [-0.2, 0) is 14.2 Å². The predicted octanol–water partition coefficient (Wildman–Crippen LogP) is 3.94. The first-order chi connectivity index (χ1) is 14.4. The molecule has 1 fully saturated rings. The first kappa shape index (κ1) is 19.2. The molecule has 0 N–H and O–H groups in total. The number of nitrogens with zero attached hydrogens (tertiary/aromatic N) is 3. The SMILES string of the molecule is CC1(C)O[C@@H]2C(COC(=O)c3ccccc3)=CC(n3ccc4c(Cl)ncnc43)[C@@H]2O1. The Morgan fingerprint density at radius 3 is 2.80 bits per heavy atom. The maximum Gasteiger partial charge on any atom is 0.338 e. The third-order valence-electron chi connectivity index (χ3n) is 5.38. The summed E-state index contributed by atoms with van der Waals surface area (Å²) in [6, 6.07) is 10.6. The standard InChI is InChI=1S/C22H20ClN3O4/c1-22(2)29-17-14(11-28-21(27)13-6-4-3-5-7-13)10-16(18(17)30-22)26-9-8-15-19(23)24-12-25-20(15)26/h3-10,12,16-18H,11H2,1-2H3/t16?,17-,18+/m1/s1. The summed E-state index contributed by atoms with van der Waals surface area (Å²) >= 11 is 6.21. The van der Waals surface area contributed by atoms with Crippen LogP contribution in [0, 0.1) is 0 Å². The van der Waals surface area contributed by atoms with Crippen molar-refractivity contribution in [3.05, 3.63) is 71.3 Å². The van der Waals surface area contributed by atoms with Crippen molar-refractivity contribution in [3.8, 4) is 0 Å². The number of hydrogen-bond acceptors (Lipinski definition) is 6. The highest BCUT2D eigenvalue weighted by molar-refractivity contribution is 6.33. The summed E-state index contributed by atoms with van der Waals surface area (Å²) in [6.45, 7) is 3.88. The fraction of sp³-hybridized carbons (Fsp3) is 0.318. The Labute approximate surface area is 178 Å². The average molecular weight is 426 g/mol. The van der Waals surface area contributed by atoms with Crippen LogP contribution in [0.25, 0.3) is 11.0 Å². The molecular weight excluding hydrogens is 406 g/mol. The predicted molar refractivity (Wildman–Crippen MR) is 110 cm³/mol. The van der Waals surface area contributed by atoms with E-state index in [-0.39, 0.29) is 30.8 Å². The third-order valence-corrected chi connectivity index (χ3v) is 5.68. The number of halogens is 1. The van der Waals surface area contributed by atoms with Crippen molar-refractivity contribution in [2.24, 2.45) is 0 Å². The van der Waals surface area contributed by atoms with E-state index < -0.39 is 5.79 Å². The Kier molecular flexibility index (Phi) is 4.61. The van der Waals surface area contributed by atoms with E-state index in [0.29, 0.717) is 16.4 Å². The molecule has 1 aliphatic heterocycles. The molecule has 2 aliphatic rings. The Hall–Kier alpha value is -2.74. The number of hydrogen-bond donors (Lipinski definition) is 0. The van der Waals surface area contributed by atoms with Crippen molar-refractivity contribution in [2.45, 2.75) is 37.9 Å². The topological polar surface area (TPSA) is 75.5 Å². The van der Waals surface area contributed by atoms with Crippen LogP contribution >= 0.6 is 11.6 Å². The maximum absolute atomic E-state index is 12.4. The van der Waals surface area contributed by atoms with Gasteiger partial charge in [0.1, 0.15) is 35.9 Å². The van der Waals surface area contributed by atoms with Crippen molar-refractivity contribution in [1.82, 2.24) is 14.5 Å². The quantitative estimate of drug-likeness (QED) is 0.358. The summed E-state index contributed by atoms with van der Waals surface area (Å²) in [7, 11) is 0. The molecular formula is C22H20ClN3O4. The molecule has 0 radical (unpaired) electrons. The summed E-state index contributed by atoms with van der Waals surface area (Å²) in [5.41, 5.74) is 2.09. The van der Waals surface area contributed by atoms with Crippen molar-refractivity contribution in [1.29, 1.82) is 0 Å². The molecule has 0 saturated carbocycles. The number of rotatable bonds is 4. The van der Waals surface area contributed by atoms with Crippen molar-refractivity contribution >= 4 is 28.6 Å². The van der Waals surface area contributed by atoms with Gasteiger partial charge in [-0.05, 0) is 37.6 Å². The molecule has 0 bridgehead atoms. The minimum atomic E-state index is -0.744. The second-order valence-electron chi connectivity index (χ2n) is 7.82. The second-order valence-corrected chi connectivity index (χ2v) is 8.18. The highest BCUT2D eigenvalue weighted by Crippen LogP contribution is 2.44. The largest absolute Gasteiger partial charge is 0.457 e. The molecule has 2 aromatic heterocycles. The Bertz CT molecular complexity index is 1140. The lowest BCUT2D eigenvalue weighted by Crippen LogP contribution is -2.28. The van der Waals surface area contributed by atoms with Gasteiger partial charge in [-0.2, -0.15) is 0 Å². The smallest absolute Gasteiger partial charge is 0.338 e. The number of carbonyl (C=O) groups is 1. The van der Waals surface area contributed by atoms with Crippen LogP contribution in [0.1, 0.15) is 30.2 Å². The van der Waals surface area contributed by atoms with Crippen molar-refractivity contribution < 1.29 is 19.0 Å². The summed E-state index contributed by atoms with van der Waals surface area (Å²) in [5, 5.41) is 1.17. The number of aromatic nitrogens is 3. The summed E-state index contributed by atoms with van der Waals surface area (Å²) in [6.07, 6.45) is 4.80. The number of fused-ring (bicyclic) bond motifs is 2. The van der Waals surface area contributed by atoms with Crippen LogP contribution in [0.4, 0.5) is 0 Å². The minimum absolute atomic E-state index is 0.125. The normalized spacial score (nSPS) is 24.6. The molecule has 1 saturated heterocycles. The third kappa shape index (κ3) is 3.29. The molecule has 7 nitrogen and oxygen atoms in total. The van der Waals surface area contributed by atoms with Gasteiger partial charge in [0.2, 0.25) is 0 Å². The van der Waals surface area contributed by atoms with Crippen molar-refractivity contribution in [3.63, 3.8) is 0 Å². The van der Waals surface area contributed by atoms with Gasteiger partial charge < -0.3 is 18.8 Å². The van der Waals surface area contributed by atoms with E-state index in [1.165, 1.54) is 6.33 Å². The zero-order chi connectivity index (χ0) is 20.9. The molecule has 0 spiro atoms. The fourth-order valence-corrected chi connectivity index (χ4v) is 4.28. The molecule has 0 amide bonds. The summed E-state index contributed by atoms with van der Waals surface area (Å²) in [5.74, 6) is -1.12. The van der Waals surface area contributed by atoms with Crippen molar-refractivity contribution in [2.75, 3.05) is 6.61 Å². The van der Waals surface area contributed by atoms with Gasteiger partial charge in [-0.1, -0.05) is 35.9 Å². The number of esters is 1. The Balaban J connectivity index is 1.45.